The molecule has 0 saturated carbocycles. The molecule has 0 spiro atoms. The van der Waals surface area contributed by atoms with E-state index in [1.54, 1.807) is 38.4 Å². The van der Waals surface area contributed by atoms with Gasteiger partial charge in [-0.25, -0.2) is 29.3 Å². The second kappa shape index (κ2) is 23.8. The van der Waals surface area contributed by atoms with Crippen molar-refractivity contribution in [3.63, 3.8) is 0 Å². The van der Waals surface area contributed by atoms with Crippen LogP contribution < -0.4 is 14.8 Å². The summed E-state index contributed by atoms with van der Waals surface area (Å²) in [6.45, 7) is 7.35. The van der Waals surface area contributed by atoms with E-state index >= 15 is 0 Å². The third kappa shape index (κ3) is 11.1. The number of ether oxygens (including phenoxy) is 2. The monoisotopic (exact) mass is 1020 g/mol. The molecular formula is C51H49ClN16O6. The average molecular weight is 1020 g/mol. The van der Waals surface area contributed by atoms with Gasteiger partial charge in [-0.15, -0.1) is 12.4 Å². The van der Waals surface area contributed by atoms with Crippen LogP contribution in [0, 0.1) is 36.5 Å². The number of nitriles is 2. The van der Waals surface area contributed by atoms with Crippen molar-refractivity contribution in [2.24, 2.45) is 0 Å². The number of methoxy groups -OCH3 is 2. The number of Topliss-reactive ketones (excluding diaryl/α,β-unsaturated/α-hetero) is 3. The van der Waals surface area contributed by atoms with Crippen molar-refractivity contribution < 1.29 is 28.7 Å². The largest absolute Gasteiger partial charge is 0.494 e. The lowest BCUT2D eigenvalue weighted by Crippen LogP contribution is -2.40. The Morgan fingerprint density at radius 1 is 0.635 bits per heavy atom. The number of aromatic nitrogens is 12. The van der Waals surface area contributed by atoms with Gasteiger partial charge >= 0.3 is 0 Å². The summed E-state index contributed by atoms with van der Waals surface area (Å²) >= 11 is 0. The van der Waals surface area contributed by atoms with Crippen LogP contribution in [-0.2, 0) is 9.59 Å². The van der Waals surface area contributed by atoms with Crippen molar-refractivity contribution in [3.05, 3.63) is 132 Å². The van der Waals surface area contributed by atoms with E-state index in [4.69, 9.17) is 14.7 Å². The SMILES string of the molecule is COc1cnc(-n2cnc(C)n2)c2[nH]cc(C(=O)C(=O)N3CCC(=C(C#N)c4ccccn4)CC3)c12.COc1cnc(-n2cnc(C)n2)c2[nH]cc(C(=O)C(C)=O)c12.Cl.N#CC(=C1CCNCC1)c1ccccn1. The Balaban J connectivity index is 0.000000179. The molecule has 10 heterocycles. The van der Waals surface area contributed by atoms with Gasteiger partial charge in [0, 0.05) is 44.8 Å². The Morgan fingerprint density at radius 3 is 1.49 bits per heavy atom. The Morgan fingerprint density at radius 2 is 1.09 bits per heavy atom. The maximum Gasteiger partial charge on any atom is 0.295 e. The number of halogens is 1. The van der Waals surface area contributed by atoms with Crippen LogP contribution in [0.4, 0.5) is 0 Å². The van der Waals surface area contributed by atoms with Crippen LogP contribution in [0.5, 0.6) is 11.5 Å². The second-order valence-electron chi connectivity index (χ2n) is 16.5. The van der Waals surface area contributed by atoms with Crippen molar-refractivity contribution in [2.75, 3.05) is 40.4 Å². The molecule has 23 heteroatoms. The number of carbonyl (C=O) groups excluding carboxylic acids is 4. The minimum absolute atomic E-state index is 0. The first-order chi connectivity index (χ1) is 35.5. The molecule has 0 aromatic carbocycles. The fourth-order valence-electron chi connectivity index (χ4n) is 8.43. The Kier molecular flexibility index (Phi) is 16.9. The number of likely N-dealkylation sites (tertiary alicyclic amines) is 1. The van der Waals surface area contributed by atoms with Crippen LogP contribution >= 0.6 is 12.4 Å². The summed E-state index contributed by atoms with van der Waals surface area (Å²) in [6.07, 6.45) is 15.3. The number of rotatable bonds is 10. The van der Waals surface area contributed by atoms with Crippen LogP contribution in [0.25, 0.3) is 44.6 Å². The number of nitrogens with one attached hydrogen (secondary N) is 3. The number of aryl methyl sites for hydroxylation is 2. The van der Waals surface area contributed by atoms with Gasteiger partial charge in [0.2, 0.25) is 5.78 Å². The molecule has 74 heavy (non-hydrogen) atoms. The fourth-order valence-corrected chi connectivity index (χ4v) is 8.43. The number of allylic oxidation sites excluding steroid dienone is 2. The third-order valence-electron chi connectivity index (χ3n) is 12.0. The normalized spacial score (nSPS) is 13.0. The molecule has 0 bridgehead atoms. The average Bonchev–Trinajstić information content (AvgIpc) is 4.27. The van der Waals surface area contributed by atoms with Gasteiger partial charge < -0.3 is 29.7 Å². The Hall–Kier alpha value is -9.25. The lowest BCUT2D eigenvalue weighted by Gasteiger charge is -2.28. The smallest absolute Gasteiger partial charge is 0.295 e. The van der Waals surface area contributed by atoms with Crippen LogP contribution in [0.1, 0.15) is 76.4 Å². The number of pyridine rings is 4. The van der Waals surface area contributed by atoms with E-state index in [0.717, 1.165) is 42.8 Å². The molecule has 0 radical (unpaired) electrons. The molecule has 2 aliphatic rings. The molecule has 8 aromatic rings. The number of nitrogens with zero attached hydrogens (tertiary/aromatic N) is 13. The summed E-state index contributed by atoms with van der Waals surface area (Å²) in [6, 6.07) is 15.6. The molecule has 8 aromatic heterocycles. The predicted molar refractivity (Wildman–Crippen MR) is 273 cm³/mol. The van der Waals surface area contributed by atoms with Gasteiger partial charge in [0.25, 0.3) is 11.7 Å². The van der Waals surface area contributed by atoms with Crippen LogP contribution in [0.15, 0.2) is 97.4 Å². The Labute approximate surface area is 429 Å². The maximum absolute atomic E-state index is 13.3. The molecule has 10 rings (SSSR count). The quantitative estimate of drug-likeness (QED) is 0.0800. The number of hydrogen-bond donors (Lipinski definition) is 3. The zero-order chi connectivity index (χ0) is 51.6. The standard InChI is InChI=1S/C25H22N8O3.C14H13N5O3.C12H13N3.ClH/c1-15-30-14-33(31-15)24-22-21(20(36-2)13-29-24)18(12-28-22)23(34)25(35)32-9-6-16(7-10-32)17(11-26)19-5-3-4-8-27-19;1-7(20)13(21)9-4-15-12-11(9)10(22-3)5-16-14(12)19-6-17-8(2)18-19;13-9-11(10-4-7-14-8-5-10)12-3-1-2-6-15-12;/h3-5,8,12-14,28H,6-7,9-10H2,1-2H3;4-6,15H,1-3H3;1-3,6,14H,4-5,7-8H2;1H. The summed E-state index contributed by atoms with van der Waals surface area (Å²) in [5.41, 5.74) is 6.37. The van der Waals surface area contributed by atoms with Gasteiger partial charge in [-0.3, -0.25) is 29.1 Å². The van der Waals surface area contributed by atoms with E-state index < -0.39 is 23.3 Å². The predicted octanol–water partition coefficient (Wildman–Crippen LogP) is 6.03. The molecule has 2 fully saturated rings. The zero-order valence-electron chi connectivity index (χ0n) is 40.9. The van der Waals surface area contributed by atoms with Crippen LogP contribution in [0.3, 0.4) is 0 Å². The lowest BCUT2D eigenvalue weighted by atomic mass is 9.95. The summed E-state index contributed by atoms with van der Waals surface area (Å²) in [4.78, 5) is 82.9. The first-order valence-corrected chi connectivity index (χ1v) is 23.0. The topological polar surface area (TPSA) is 294 Å². The number of piperidine rings is 2. The first-order valence-electron chi connectivity index (χ1n) is 23.0. The van der Waals surface area contributed by atoms with E-state index in [2.05, 4.69) is 67.5 Å². The van der Waals surface area contributed by atoms with Gasteiger partial charge in [-0.1, -0.05) is 12.1 Å². The molecule has 2 saturated heterocycles. The molecule has 376 valence electrons. The van der Waals surface area contributed by atoms with Crippen molar-refractivity contribution in [3.8, 4) is 35.3 Å². The van der Waals surface area contributed by atoms with E-state index in [0.29, 0.717) is 93.8 Å². The van der Waals surface area contributed by atoms with Crippen LogP contribution in [0.2, 0.25) is 0 Å². The molecular weight excluding hydrogens is 968 g/mol. The minimum atomic E-state index is -0.649. The van der Waals surface area contributed by atoms with Gasteiger partial charge in [0.15, 0.2) is 17.4 Å². The summed E-state index contributed by atoms with van der Waals surface area (Å²) < 4.78 is 13.7. The van der Waals surface area contributed by atoms with Crippen molar-refractivity contribution in [2.45, 2.75) is 46.5 Å². The molecule has 22 nitrogen and oxygen atoms in total. The van der Waals surface area contributed by atoms with Crippen LogP contribution in [-0.4, -0.2) is 128 Å². The third-order valence-corrected chi connectivity index (χ3v) is 12.0. The van der Waals surface area contributed by atoms with Crippen molar-refractivity contribution in [1.82, 2.24) is 69.6 Å². The van der Waals surface area contributed by atoms with Gasteiger partial charge in [0.1, 0.15) is 47.9 Å². The summed E-state index contributed by atoms with van der Waals surface area (Å²) in [5, 5.41) is 31.6. The maximum atomic E-state index is 13.3. The van der Waals surface area contributed by atoms with Crippen molar-refractivity contribution >= 4 is 68.6 Å². The number of H-pyrrole nitrogens is 2. The number of fused-ring (bicyclic) bond motifs is 2. The Bertz CT molecular complexity index is 3510. The molecule has 0 unspecified atom stereocenters. The van der Waals surface area contributed by atoms with E-state index in [1.807, 2.05) is 24.3 Å². The molecule has 3 N–H and O–H groups in total. The number of aromatic amines is 2. The highest BCUT2D eigenvalue weighted by molar-refractivity contribution is 6.46. The molecule has 0 aliphatic carbocycles. The molecule has 0 atom stereocenters. The van der Waals surface area contributed by atoms with Gasteiger partial charge in [-0.05, 0) is 88.0 Å². The second-order valence-corrected chi connectivity index (χ2v) is 16.5. The minimum Gasteiger partial charge on any atom is -0.494 e. The van der Waals surface area contributed by atoms with Gasteiger partial charge in [-0.2, -0.15) is 20.7 Å². The van der Waals surface area contributed by atoms with E-state index in [9.17, 15) is 24.4 Å². The highest BCUT2D eigenvalue weighted by Crippen LogP contribution is 2.34. The number of carbonyl (C=O) groups is 4. The van der Waals surface area contributed by atoms with Crippen molar-refractivity contribution in [1.29, 1.82) is 10.5 Å². The first kappa shape index (κ1) is 52.6. The molecule has 2 aliphatic heterocycles. The summed E-state index contributed by atoms with van der Waals surface area (Å²) in [7, 11) is 2.95. The number of hydrogen-bond acceptors (Lipinski definition) is 17. The highest BCUT2D eigenvalue weighted by Gasteiger charge is 2.31. The van der Waals surface area contributed by atoms with Gasteiger partial charge in [0.05, 0.1) is 82.1 Å². The van der Waals surface area contributed by atoms with E-state index in [1.165, 1.54) is 78.4 Å². The number of amides is 1. The summed E-state index contributed by atoms with van der Waals surface area (Å²) in [5.74, 6) is 0.449. The lowest BCUT2D eigenvalue weighted by molar-refractivity contribution is -0.126. The zero-order valence-corrected chi connectivity index (χ0v) is 41.7. The number of ketones is 3. The highest BCUT2D eigenvalue weighted by atomic mass is 35.5. The fraction of sp³-hybridized carbons (Fsp3) is 0.255. The molecule has 1 amide bonds. The van der Waals surface area contributed by atoms with E-state index in [-0.39, 0.29) is 23.5 Å².